The predicted molar refractivity (Wildman–Crippen MR) is 50.1 cm³/mol. The van der Waals surface area contributed by atoms with Crippen LogP contribution in [-0.4, -0.2) is 18.2 Å². The molecule has 1 atom stereocenters. The van der Waals surface area contributed by atoms with Gasteiger partial charge in [-0.25, -0.2) is 0 Å². The lowest BCUT2D eigenvalue weighted by Gasteiger charge is -2.05. The Labute approximate surface area is 80.1 Å². The van der Waals surface area contributed by atoms with Gasteiger partial charge < -0.3 is 4.74 Å². The molecule has 0 aliphatic carbocycles. The van der Waals surface area contributed by atoms with E-state index in [1.54, 1.807) is 0 Å². The summed E-state index contributed by atoms with van der Waals surface area (Å²) in [6.07, 6.45) is 2.95. The number of rotatable bonds is 1. The molecule has 2 nitrogen and oxygen atoms in total. The van der Waals surface area contributed by atoms with Crippen LogP contribution in [0.25, 0.3) is 0 Å². The minimum Gasteiger partial charge on any atom is -0.381 e. The molecule has 1 fully saturated rings. The topological polar surface area (TPSA) is 22.1 Å². The van der Waals surface area contributed by atoms with Crippen LogP contribution < -0.4 is 0 Å². The Morgan fingerprint density at radius 1 is 1.50 bits per heavy atom. The maximum Gasteiger partial charge on any atom is 0.0550 e. The molecule has 3 heteroatoms. The first-order valence-electron chi connectivity index (χ1n) is 4.05. The molecule has 0 spiro atoms. The highest BCUT2D eigenvalue weighted by molar-refractivity contribution is 9.10. The third kappa shape index (κ3) is 1.67. The van der Waals surface area contributed by atoms with E-state index in [4.69, 9.17) is 4.74 Å². The van der Waals surface area contributed by atoms with Crippen LogP contribution in [0.3, 0.4) is 0 Å². The molecule has 1 aromatic heterocycles. The highest BCUT2D eigenvalue weighted by atomic mass is 79.9. The monoisotopic (exact) mass is 227 g/mol. The molecule has 2 heterocycles. The molecule has 1 aliphatic rings. The first kappa shape index (κ1) is 8.20. The van der Waals surface area contributed by atoms with Gasteiger partial charge in [0.25, 0.3) is 0 Å². The van der Waals surface area contributed by atoms with Gasteiger partial charge in [0, 0.05) is 28.9 Å². The first-order chi connectivity index (χ1) is 5.86. The molecule has 12 heavy (non-hydrogen) atoms. The molecule has 0 saturated carbocycles. The van der Waals surface area contributed by atoms with Gasteiger partial charge in [0.05, 0.1) is 6.61 Å². The Hall–Kier alpha value is -0.410. The molecule has 0 amide bonds. The van der Waals surface area contributed by atoms with Crippen molar-refractivity contribution in [2.45, 2.75) is 12.3 Å². The number of ether oxygens (including phenoxy) is 1. The number of pyridine rings is 1. The van der Waals surface area contributed by atoms with Crippen LogP contribution in [0.5, 0.6) is 0 Å². The maximum absolute atomic E-state index is 5.29. The summed E-state index contributed by atoms with van der Waals surface area (Å²) < 4.78 is 6.32. The van der Waals surface area contributed by atoms with Crippen molar-refractivity contribution in [2.75, 3.05) is 13.2 Å². The predicted octanol–water partition coefficient (Wildman–Crippen LogP) is 2.35. The third-order valence-electron chi connectivity index (χ3n) is 2.10. The molecule has 0 bridgehead atoms. The highest BCUT2D eigenvalue weighted by Gasteiger charge is 2.18. The minimum atomic E-state index is 0.512. The Morgan fingerprint density at radius 2 is 2.42 bits per heavy atom. The quantitative estimate of drug-likeness (QED) is 0.735. The van der Waals surface area contributed by atoms with Crippen molar-refractivity contribution in [3.63, 3.8) is 0 Å². The van der Waals surface area contributed by atoms with Gasteiger partial charge in [-0.05, 0) is 34.5 Å². The zero-order valence-corrected chi connectivity index (χ0v) is 8.25. The van der Waals surface area contributed by atoms with Gasteiger partial charge in [-0.2, -0.15) is 0 Å². The third-order valence-corrected chi connectivity index (χ3v) is 2.57. The summed E-state index contributed by atoms with van der Waals surface area (Å²) >= 11 is 3.36. The van der Waals surface area contributed by atoms with E-state index < -0.39 is 0 Å². The van der Waals surface area contributed by atoms with Gasteiger partial charge in [0.2, 0.25) is 0 Å². The van der Waals surface area contributed by atoms with Crippen molar-refractivity contribution in [3.8, 4) is 0 Å². The van der Waals surface area contributed by atoms with Gasteiger partial charge in [0.15, 0.2) is 0 Å². The molecule has 0 N–H and O–H groups in total. The van der Waals surface area contributed by atoms with Crippen molar-refractivity contribution in [1.29, 1.82) is 0 Å². The lowest BCUT2D eigenvalue weighted by molar-refractivity contribution is 0.193. The second-order valence-corrected chi connectivity index (χ2v) is 3.88. The maximum atomic E-state index is 5.29. The molecule has 1 saturated heterocycles. The number of nitrogens with zero attached hydrogens (tertiary/aromatic N) is 1. The molecular formula is C9H10BrNO. The van der Waals surface area contributed by atoms with Crippen molar-refractivity contribution in [3.05, 3.63) is 28.5 Å². The second kappa shape index (κ2) is 3.54. The molecule has 0 aromatic carbocycles. The summed E-state index contributed by atoms with van der Waals surface area (Å²) in [5, 5.41) is 0. The molecule has 1 unspecified atom stereocenters. The van der Waals surface area contributed by atoms with Crippen LogP contribution >= 0.6 is 15.9 Å². The zero-order chi connectivity index (χ0) is 8.39. The summed E-state index contributed by atoms with van der Waals surface area (Å²) in [7, 11) is 0. The lowest BCUT2D eigenvalue weighted by atomic mass is 10.0. The van der Waals surface area contributed by atoms with Gasteiger partial charge >= 0.3 is 0 Å². The van der Waals surface area contributed by atoms with E-state index in [-0.39, 0.29) is 0 Å². The van der Waals surface area contributed by atoms with Crippen LogP contribution in [0, 0.1) is 0 Å². The molecular weight excluding hydrogens is 218 g/mol. The van der Waals surface area contributed by atoms with Crippen LogP contribution in [0.15, 0.2) is 22.8 Å². The number of hydrogen-bond acceptors (Lipinski definition) is 2. The highest BCUT2D eigenvalue weighted by Crippen LogP contribution is 2.23. The molecule has 1 aliphatic heterocycles. The van der Waals surface area contributed by atoms with Crippen molar-refractivity contribution in [1.82, 2.24) is 4.98 Å². The summed E-state index contributed by atoms with van der Waals surface area (Å²) in [4.78, 5) is 4.33. The van der Waals surface area contributed by atoms with Crippen LogP contribution in [-0.2, 0) is 4.74 Å². The number of hydrogen-bond donors (Lipinski definition) is 0. The van der Waals surface area contributed by atoms with Crippen molar-refractivity contribution >= 4 is 15.9 Å². The van der Waals surface area contributed by atoms with Crippen LogP contribution in [0.4, 0.5) is 0 Å². The summed E-state index contributed by atoms with van der Waals surface area (Å²) in [5.74, 6) is 0.512. The van der Waals surface area contributed by atoms with E-state index >= 15 is 0 Å². The van der Waals surface area contributed by atoms with Crippen LogP contribution in [0.1, 0.15) is 18.0 Å². The van der Waals surface area contributed by atoms with Gasteiger partial charge in [-0.1, -0.05) is 0 Å². The zero-order valence-electron chi connectivity index (χ0n) is 6.66. The van der Waals surface area contributed by atoms with Gasteiger partial charge in [-0.15, -0.1) is 0 Å². The fourth-order valence-corrected chi connectivity index (χ4v) is 1.63. The van der Waals surface area contributed by atoms with E-state index in [1.807, 2.05) is 12.3 Å². The van der Waals surface area contributed by atoms with E-state index in [9.17, 15) is 0 Å². The summed E-state index contributed by atoms with van der Waals surface area (Å²) in [6.45, 7) is 1.71. The molecule has 1 aromatic rings. The van der Waals surface area contributed by atoms with Gasteiger partial charge in [0.1, 0.15) is 0 Å². The Kier molecular flexibility index (Phi) is 2.42. The van der Waals surface area contributed by atoms with E-state index in [0.717, 1.165) is 29.8 Å². The van der Waals surface area contributed by atoms with Crippen molar-refractivity contribution < 1.29 is 4.74 Å². The SMILES string of the molecule is Brc1ccc(C2CCOC2)nc1. The smallest absolute Gasteiger partial charge is 0.0550 e. The Bertz CT molecular complexity index is 254. The van der Waals surface area contributed by atoms with E-state index in [2.05, 4.69) is 27.0 Å². The first-order valence-corrected chi connectivity index (χ1v) is 4.85. The summed E-state index contributed by atoms with van der Waals surface area (Å²) in [6, 6.07) is 4.09. The average molecular weight is 228 g/mol. The summed E-state index contributed by atoms with van der Waals surface area (Å²) in [5.41, 5.74) is 1.15. The normalized spacial score (nSPS) is 22.9. The molecule has 2 rings (SSSR count). The standard InChI is InChI=1S/C9H10BrNO/c10-8-1-2-9(11-5-8)7-3-4-12-6-7/h1-2,5,7H,3-4,6H2. The second-order valence-electron chi connectivity index (χ2n) is 2.96. The fraction of sp³-hybridized carbons (Fsp3) is 0.444. The number of halogens is 1. The molecule has 64 valence electrons. The largest absolute Gasteiger partial charge is 0.381 e. The van der Waals surface area contributed by atoms with E-state index in [0.29, 0.717) is 5.92 Å². The van der Waals surface area contributed by atoms with Crippen molar-refractivity contribution in [2.24, 2.45) is 0 Å². The molecule has 0 radical (unpaired) electrons. The minimum absolute atomic E-state index is 0.512. The Morgan fingerprint density at radius 3 is 3.00 bits per heavy atom. The Balaban J connectivity index is 2.17. The fourth-order valence-electron chi connectivity index (χ4n) is 1.40. The number of aromatic nitrogens is 1. The van der Waals surface area contributed by atoms with E-state index in [1.165, 1.54) is 0 Å². The van der Waals surface area contributed by atoms with Gasteiger partial charge in [-0.3, -0.25) is 4.98 Å². The van der Waals surface area contributed by atoms with Crippen LogP contribution in [0.2, 0.25) is 0 Å². The average Bonchev–Trinajstić information content (AvgIpc) is 2.58. The lowest BCUT2D eigenvalue weighted by Crippen LogP contribution is -1.99.